The Morgan fingerprint density at radius 3 is 3.00 bits per heavy atom. The van der Waals surface area contributed by atoms with E-state index in [4.69, 9.17) is 9.63 Å². The lowest BCUT2D eigenvalue weighted by atomic mass is 10.3. The van der Waals surface area contributed by atoms with Gasteiger partial charge in [-0.25, -0.2) is 4.79 Å². The molecule has 84 valence electrons. The van der Waals surface area contributed by atoms with Crippen molar-refractivity contribution in [3.8, 4) is 0 Å². The summed E-state index contributed by atoms with van der Waals surface area (Å²) >= 11 is 0. The van der Waals surface area contributed by atoms with Crippen LogP contribution in [-0.2, 0) is 0 Å². The molecule has 0 saturated heterocycles. The summed E-state index contributed by atoms with van der Waals surface area (Å²) in [6, 6.07) is 1.26. The van der Waals surface area contributed by atoms with Gasteiger partial charge in [0.1, 0.15) is 5.76 Å². The van der Waals surface area contributed by atoms with Crippen molar-refractivity contribution in [2.24, 2.45) is 0 Å². The summed E-state index contributed by atoms with van der Waals surface area (Å²) < 4.78 is 4.78. The molecule has 0 spiro atoms. The average Bonchev–Trinajstić information content (AvgIpc) is 2.50. The van der Waals surface area contributed by atoms with Crippen LogP contribution in [0.2, 0.25) is 0 Å². The van der Waals surface area contributed by atoms with Gasteiger partial charge in [0.2, 0.25) is 0 Å². The molecule has 0 aliphatic carbocycles. The first kappa shape index (κ1) is 11.5. The van der Waals surface area contributed by atoms with Crippen molar-refractivity contribution < 1.29 is 14.4 Å². The highest BCUT2D eigenvalue weighted by molar-refractivity contribution is 5.88. The van der Waals surface area contributed by atoms with Crippen molar-refractivity contribution in [2.45, 2.75) is 26.4 Å². The van der Waals surface area contributed by atoms with Gasteiger partial charge in [-0.15, -0.1) is 0 Å². The SMILES string of the molecule is Cc1cc(NC(=O)NCCC(C)O)no1. The van der Waals surface area contributed by atoms with E-state index in [0.717, 1.165) is 0 Å². The summed E-state index contributed by atoms with van der Waals surface area (Å²) in [5, 5.41) is 17.6. The number of anilines is 1. The maximum atomic E-state index is 11.2. The van der Waals surface area contributed by atoms with Gasteiger partial charge in [-0.05, 0) is 20.3 Å². The molecule has 1 unspecified atom stereocenters. The molecule has 15 heavy (non-hydrogen) atoms. The molecule has 3 N–H and O–H groups in total. The minimum absolute atomic E-state index is 0.357. The smallest absolute Gasteiger partial charge is 0.320 e. The number of hydrogen-bond acceptors (Lipinski definition) is 4. The maximum Gasteiger partial charge on any atom is 0.320 e. The Bertz CT molecular complexity index is 322. The number of aliphatic hydroxyl groups is 1. The molecular weight excluding hydrogens is 198 g/mol. The zero-order valence-corrected chi connectivity index (χ0v) is 8.78. The Balaban J connectivity index is 2.24. The number of aromatic nitrogens is 1. The minimum Gasteiger partial charge on any atom is -0.393 e. The van der Waals surface area contributed by atoms with Crippen LogP contribution in [0, 0.1) is 6.92 Å². The monoisotopic (exact) mass is 213 g/mol. The zero-order valence-electron chi connectivity index (χ0n) is 8.78. The van der Waals surface area contributed by atoms with Crippen LogP contribution >= 0.6 is 0 Å². The summed E-state index contributed by atoms with van der Waals surface area (Å²) in [5.41, 5.74) is 0. The van der Waals surface area contributed by atoms with Crippen molar-refractivity contribution in [2.75, 3.05) is 11.9 Å². The number of amides is 2. The Hall–Kier alpha value is -1.56. The number of aryl methyl sites for hydroxylation is 1. The quantitative estimate of drug-likeness (QED) is 0.692. The molecule has 0 aromatic carbocycles. The van der Waals surface area contributed by atoms with Crippen molar-refractivity contribution in [3.05, 3.63) is 11.8 Å². The molecule has 1 atom stereocenters. The largest absolute Gasteiger partial charge is 0.393 e. The van der Waals surface area contributed by atoms with Crippen LogP contribution in [0.5, 0.6) is 0 Å². The van der Waals surface area contributed by atoms with E-state index in [0.29, 0.717) is 24.5 Å². The summed E-state index contributed by atoms with van der Waals surface area (Å²) in [6.45, 7) is 3.82. The Morgan fingerprint density at radius 1 is 1.73 bits per heavy atom. The maximum absolute atomic E-state index is 11.2. The fourth-order valence-electron chi connectivity index (χ4n) is 0.980. The second kappa shape index (κ2) is 5.35. The highest BCUT2D eigenvalue weighted by Crippen LogP contribution is 2.06. The van der Waals surface area contributed by atoms with E-state index in [1.807, 2.05) is 0 Å². The summed E-state index contributed by atoms with van der Waals surface area (Å²) in [4.78, 5) is 11.2. The van der Waals surface area contributed by atoms with E-state index in [1.54, 1.807) is 19.9 Å². The molecule has 2 amide bonds. The van der Waals surface area contributed by atoms with Crippen LogP contribution in [0.1, 0.15) is 19.1 Å². The topological polar surface area (TPSA) is 87.4 Å². The average molecular weight is 213 g/mol. The van der Waals surface area contributed by atoms with Crippen LogP contribution in [0.3, 0.4) is 0 Å². The van der Waals surface area contributed by atoms with Crippen LogP contribution in [0.25, 0.3) is 0 Å². The van der Waals surface area contributed by atoms with E-state index in [-0.39, 0.29) is 6.03 Å². The first-order valence-electron chi connectivity index (χ1n) is 4.74. The molecule has 0 bridgehead atoms. The summed E-state index contributed by atoms with van der Waals surface area (Å²) in [5.74, 6) is 1.01. The normalized spacial score (nSPS) is 12.2. The van der Waals surface area contributed by atoms with Gasteiger partial charge in [-0.1, -0.05) is 5.16 Å². The fourth-order valence-corrected chi connectivity index (χ4v) is 0.980. The third-order valence-electron chi connectivity index (χ3n) is 1.72. The Kier molecular flexibility index (Phi) is 4.11. The van der Waals surface area contributed by atoms with Crippen LogP contribution < -0.4 is 10.6 Å². The molecule has 1 rings (SSSR count). The van der Waals surface area contributed by atoms with Gasteiger partial charge in [0.05, 0.1) is 6.10 Å². The Morgan fingerprint density at radius 2 is 2.47 bits per heavy atom. The van der Waals surface area contributed by atoms with Crippen molar-refractivity contribution in [1.82, 2.24) is 10.5 Å². The first-order chi connectivity index (χ1) is 7.08. The lowest BCUT2D eigenvalue weighted by Gasteiger charge is -2.06. The summed E-state index contributed by atoms with van der Waals surface area (Å²) in [6.07, 6.45) is 0.102. The van der Waals surface area contributed by atoms with E-state index in [9.17, 15) is 4.79 Å². The number of rotatable bonds is 4. The number of carbonyl (C=O) groups excluding carboxylic acids is 1. The van der Waals surface area contributed by atoms with Crippen LogP contribution in [0.4, 0.5) is 10.6 Å². The van der Waals surface area contributed by atoms with Crippen molar-refractivity contribution >= 4 is 11.8 Å². The predicted molar refractivity (Wildman–Crippen MR) is 54.6 cm³/mol. The number of urea groups is 1. The molecule has 0 radical (unpaired) electrons. The minimum atomic E-state index is -0.417. The lowest BCUT2D eigenvalue weighted by molar-refractivity contribution is 0.184. The molecule has 1 heterocycles. The molecule has 0 aliphatic rings. The first-order valence-corrected chi connectivity index (χ1v) is 4.74. The van der Waals surface area contributed by atoms with E-state index in [1.165, 1.54) is 0 Å². The number of nitrogens with one attached hydrogen (secondary N) is 2. The van der Waals surface area contributed by atoms with Crippen LogP contribution in [-0.4, -0.2) is 28.9 Å². The second-order valence-electron chi connectivity index (χ2n) is 3.34. The molecular formula is C9H15N3O3. The Labute approximate surface area is 87.6 Å². The van der Waals surface area contributed by atoms with E-state index in [2.05, 4.69) is 15.8 Å². The highest BCUT2D eigenvalue weighted by Gasteiger charge is 2.05. The van der Waals surface area contributed by atoms with E-state index >= 15 is 0 Å². The van der Waals surface area contributed by atoms with Crippen molar-refractivity contribution in [3.63, 3.8) is 0 Å². The lowest BCUT2D eigenvalue weighted by Crippen LogP contribution is -2.30. The van der Waals surface area contributed by atoms with Gasteiger partial charge >= 0.3 is 6.03 Å². The number of hydrogen-bond donors (Lipinski definition) is 3. The van der Waals surface area contributed by atoms with Crippen molar-refractivity contribution in [1.29, 1.82) is 0 Å². The van der Waals surface area contributed by atoms with Gasteiger partial charge < -0.3 is 14.9 Å². The van der Waals surface area contributed by atoms with Gasteiger partial charge in [-0.3, -0.25) is 5.32 Å². The molecule has 6 heteroatoms. The standard InChI is InChI=1S/C9H15N3O3/c1-6(13)3-4-10-9(14)11-8-5-7(2)15-12-8/h5-6,13H,3-4H2,1-2H3,(H2,10,11,12,14). The van der Waals surface area contributed by atoms with E-state index < -0.39 is 6.10 Å². The number of aliphatic hydroxyl groups excluding tert-OH is 1. The number of carbonyl (C=O) groups is 1. The van der Waals surface area contributed by atoms with Gasteiger partial charge in [0.15, 0.2) is 5.82 Å². The van der Waals surface area contributed by atoms with Gasteiger partial charge in [0.25, 0.3) is 0 Å². The second-order valence-corrected chi connectivity index (χ2v) is 3.34. The molecule has 1 aromatic heterocycles. The van der Waals surface area contributed by atoms with Gasteiger partial charge in [-0.2, -0.15) is 0 Å². The predicted octanol–water partition coefficient (Wildman–Crippen LogP) is 0.875. The zero-order chi connectivity index (χ0) is 11.3. The molecule has 6 nitrogen and oxygen atoms in total. The molecule has 1 aromatic rings. The van der Waals surface area contributed by atoms with Gasteiger partial charge in [0, 0.05) is 12.6 Å². The number of nitrogens with zero attached hydrogens (tertiary/aromatic N) is 1. The third-order valence-corrected chi connectivity index (χ3v) is 1.72. The molecule has 0 fully saturated rings. The van der Waals surface area contributed by atoms with Crippen LogP contribution in [0.15, 0.2) is 10.6 Å². The third kappa shape index (κ3) is 4.46. The molecule has 0 aliphatic heterocycles. The fraction of sp³-hybridized carbons (Fsp3) is 0.556. The highest BCUT2D eigenvalue weighted by atomic mass is 16.5. The summed E-state index contributed by atoms with van der Waals surface area (Å²) in [7, 11) is 0. The molecule has 0 saturated carbocycles.